The van der Waals surface area contributed by atoms with E-state index in [0.29, 0.717) is 3.58 Å². The molecule has 0 radical (unpaired) electrons. The van der Waals surface area contributed by atoms with Crippen molar-refractivity contribution >= 4 is 39.9 Å². The van der Waals surface area contributed by atoms with Crippen LogP contribution in [0.3, 0.4) is 0 Å². The minimum absolute atomic E-state index is 0.171. The van der Waals surface area contributed by atoms with Crippen LogP contribution >= 0.6 is 22.6 Å². The Kier molecular flexibility index (Phi) is 3.44. The number of methoxy groups -OCH3 is 1. The lowest BCUT2D eigenvalue weighted by Gasteiger charge is -2.27. The molecule has 5 heteroatoms. The third kappa shape index (κ3) is 2.21. The summed E-state index contributed by atoms with van der Waals surface area (Å²) in [4.78, 5) is 23.8. The highest BCUT2D eigenvalue weighted by Crippen LogP contribution is 2.46. The van der Waals surface area contributed by atoms with Crippen molar-refractivity contribution < 1.29 is 19.1 Å². The molecule has 4 nitrogen and oxygen atoms in total. The van der Waals surface area contributed by atoms with E-state index in [1.54, 1.807) is 12.2 Å². The second kappa shape index (κ2) is 5.14. The van der Waals surface area contributed by atoms with Gasteiger partial charge in [-0.3, -0.25) is 4.79 Å². The van der Waals surface area contributed by atoms with Crippen molar-refractivity contribution in [1.29, 1.82) is 0 Å². The summed E-state index contributed by atoms with van der Waals surface area (Å²) in [5, 5.41) is 0. The van der Waals surface area contributed by atoms with E-state index >= 15 is 0 Å². The highest BCUT2D eigenvalue weighted by molar-refractivity contribution is 14.1. The number of benzene rings is 1. The van der Waals surface area contributed by atoms with E-state index in [9.17, 15) is 9.59 Å². The number of carbonyl (C=O) groups excluding carboxylic acids is 2. The summed E-state index contributed by atoms with van der Waals surface area (Å²) in [6.45, 7) is 0. The van der Waals surface area contributed by atoms with Crippen molar-refractivity contribution in [3.63, 3.8) is 0 Å². The Morgan fingerprint density at radius 3 is 2.57 bits per heavy atom. The first-order valence-corrected chi connectivity index (χ1v) is 7.35. The minimum Gasteiger partial charge on any atom is -0.493 e. The summed E-state index contributed by atoms with van der Waals surface area (Å²) in [7, 11) is 1.42. The van der Waals surface area contributed by atoms with Gasteiger partial charge in [0.2, 0.25) is 5.78 Å². The third-order valence-electron chi connectivity index (χ3n) is 3.40. The van der Waals surface area contributed by atoms with Gasteiger partial charge in [0, 0.05) is 11.6 Å². The molecule has 0 bridgehead atoms. The molecule has 1 spiro atoms. The lowest BCUT2D eigenvalue weighted by molar-refractivity contribution is -0.140. The van der Waals surface area contributed by atoms with Gasteiger partial charge in [0.05, 0.1) is 7.11 Å². The number of hydrogen-bond acceptors (Lipinski definition) is 4. The first-order valence-electron chi connectivity index (χ1n) is 6.27. The minimum atomic E-state index is -1.08. The summed E-state index contributed by atoms with van der Waals surface area (Å²) in [6.07, 6.45) is 4.54. The Labute approximate surface area is 135 Å². The number of rotatable bonds is 2. The zero-order valence-electron chi connectivity index (χ0n) is 11.1. The van der Waals surface area contributed by atoms with Crippen LogP contribution in [0.2, 0.25) is 0 Å². The van der Waals surface area contributed by atoms with E-state index in [1.807, 2.05) is 52.9 Å². The van der Waals surface area contributed by atoms with Gasteiger partial charge in [0.25, 0.3) is 0 Å². The maximum atomic E-state index is 12.0. The van der Waals surface area contributed by atoms with E-state index in [2.05, 4.69) is 0 Å². The van der Waals surface area contributed by atoms with E-state index in [1.165, 1.54) is 13.2 Å². The number of allylic oxidation sites excluding steroid dienone is 1. The Balaban J connectivity index is 2.20. The van der Waals surface area contributed by atoms with E-state index in [4.69, 9.17) is 9.47 Å². The average Bonchev–Trinajstić information content (AvgIpc) is 2.74. The second-order valence-corrected chi connectivity index (χ2v) is 5.73. The van der Waals surface area contributed by atoms with Crippen molar-refractivity contribution in [3.05, 3.63) is 63.5 Å². The van der Waals surface area contributed by atoms with Crippen LogP contribution in [0.5, 0.6) is 0 Å². The molecule has 106 valence electrons. The van der Waals surface area contributed by atoms with Crippen molar-refractivity contribution in [2.75, 3.05) is 7.11 Å². The van der Waals surface area contributed by atoms with Crippen LogP contribution in [-0.2, 0) is 19.1 Å². The number of esters is 1. The normalized spacial score (nSPS) is 24.4. The largest absolute Gasteiger partial charge is 0.493 e. The van der Waals surface area contributed by atoms with Gasteiger partial charge in [-0.25, -0.2) is 4.79 Å². The van der Waals surface area contributed by atoms with Crippen LogP contribution in [-0.4, -0.2) is 24.5 Å². The number of ether oxygens (including phenoxy) is 2. The first kappa shape index (κ1) is 14.1. The molecule has 1 aliphatic carbocycles. The Bertz CT molecular complexity index is 715. The van der Waals surface area contributed by atoms with Gasteiger partial charge in [-0.05, 0) is 40.3 Å². The van der Waals surface area contributed by atoms with Crippen LogP contribution in [0.4, 0.5) is 0 Å². The molecule has 3 rings (SSSR count). The zero-order chi connectivity index (χ0) is 15.0. The Morgan fingerprint density at radius 2 is 1.90 bits per heavy atom. The fourth-order valence-corrected chi connectivity index (χ4v) is 3.30. The zero-order valence-corrected chi connectivity index (χ0v) is 13.3. The predicted octanol–water partition coefficient (Wildman–Crippen LogP) is 2.80. The SMILES string of the molecule is COC1=CC2(C=CC1=O)OC(=O)C(I)=C2c1ccccc1. The number of carbonyl (C=O) groups is 2. The fraction of sp³-hybridized carbons (Fsp3) is 0.125. The Hall–Kier alpha value is -1.89. The number of halogens is 1. The maximum Gasteiger partial charge on any atom is 0.346 e. The molecule has 0 amide bonds. The van der Waals surface area contributed by atoms with E-state index < -0.39 is 11.6 Å². The molecule has 0 fully saturated rings. The van der Waals surface area contributed by atoms with Crippen LogP contribution in [0.1, 0.15) is 5.56 Å². The van der Waals surface area contributed by atoms with Gasteiger partial charge in [0.1, 0.15) is 3.58 Å². The molecule has 1 unspecified atom stereocenters. The second-order valence-electron chi connectivity index (χ2n) is 4.65. The van der Waals surface area contributed by atoms with Crippen LogP contribution in [0, 0.1) is 0 Å². The van der Waals surface area contributed by atoms with E-state index in [-0.39, 0.29) is 11.5 Å². The fourth-order valence-electron chi connectivity index (χ4n) is 2.45. The predicted molar refractivity (Wildman–Crippen MR) is 85.4 cm³/mol. The average molecular weight is 394 g/mol. The number of ketones is 1. The van der Waals surface area contributed by atoms with Gasteiger partial charge < -0.3 is 9.47 Å². The molecular formula is C16H11IO4. The number of hydrogen-bond donors (Lipinski definition) is 0. The lowest BCUT2D eigenvalue weighted by Crippen LogP contribution is -2.31. The van der Waals surface area contributed by atoms with Crippen molar-refractivity contribution in [3.8, 4) is 0 Å². The topological polar surface area (TPSA) is 52.6 Å². The van der Waals surface area contributed by atoms with Crippen LogP contribution in [0.15, 0.2) is 57.9 Å². The smallest absolute Gasteiger partial charge is 0.346 e. The van der Waals surface area contributed by atoms with Crippen molar-refractivity contribution in [2.45, 2.75) is 5.60 Å². The van der Waals surface area contributed by atoms with Gasteiger partial charge in [-0.1, -0.05) is 30.3 Å². The van der Waals surface area contributed by atoms with Crippen LogP contribution < -0.4 is 0 Å². The summed E-state index contributed by atoms with van der Waals surface area (Å²) >= 11 is 1.98. The molecule has 2 aliphatic rings. The van der Waals surface area contributed by atoms with Crippen molar-refractivity contribution in [1.82, 2.24) is 0 Å². The molecule has 1 aromatic carbocycles. The lowest BCUT2D eigenvalue weighted by atomic mass is 9.85. The third-order valence-corrected chi connectivity index (χ3v) is 4.38. The summed E-state index contributed by atoms with van der Waals surface area (Å²) < 4.78 is 11.1. The molecule has 1 heterocycles. The first-order chi connectivity index (χ1) is 10.1. The maximum absolute atomic E-state index is 12.0. The molecule has 0 N–H and O–H groups in total. The molecule has 0 saturated carbocycles. The van der Waals surface area contributed by atoms with E-state index in [0.717, 1.165) is 11.1 Å². The monoisotopic (exact) mass is 394 g/mol. The summed E-state index contributed by atoms with van der Waals surface area (Å²) in [5.74, 6) is -0.474. The molecular weight excluding hydrogens is 383 g/mol. The highest BCUT2D eigenvalue weighted by Gasteiger charge is 2.46. The molecule has 1 aliphatic heterocycles. The van der Waals surface area contributed by atoms with Gasteiger partial charge >= 0.3 is 5.97 Å². The van der Waals surface area contributed by atoms with Crippen molar-refractivity contribution in [2.24, 2.45) is 0 Å². The van der Waals surface area contributed by atoms with Crippen LogP contribution in [0.25, 0.3) is 5.57 Å². The molecule has 0 saturated heterocycles. The van der Waals surface area contributed by atoms with Gasteiger partial charge in [-0.2, -0.15) is 0 Å². The Morgan fingerprint density at radius 1 is 1.19 bits per heavy atom. The quantitative estimate of drug-likeness (QED) is 0.572. The molecule has 21 heavy (non-hydrogen) atoms. The van der Waals surface area contributed by atoms with Gasteiger partial charge in [0.15, 0.2) is 11.4 Å². The van der Waals surface area contributed by atoms with Gasteiger partial charge in [-0.15, -0.1) is 0 Å². The summed E-state index contributed by atoms with van der Waals surface area (Å²) in [5.41, 5.74) is 0.527. The molecule has 0 aromatic heterocycles. The molecule has 1 aromatic rings. The highest BCUT2D eigenvalue weighted by atomic mass is 127. The molecule has 1 atom stereocenters. The summed E-state index contributed by atoms with van der Waals surface area (Å²) in [6, 6.07) is 9.49. The standard InChI is InChI=1S/C16H11IO4/c1-20-12-9-16(8-7-11(12)18)13(14(17)15(19)21-16)10-5-3-2-4-6-10/h2-9H,1H3.